The second-order valence-corrected chi connectivity index (χ2v) is 7.38. The first-order chi connectivity index (χ1) is 11.7. The molecule has 1 heterocycles. The van der Waals surface area contributed by atoms with Gasteiger partial charge in [-0.1, -0.05) is 28.9 Å². The van der Waals surface area contributed by atoms with E-state index in [4.69, 9.17) is 16.1 Å². The number of urea groups is 1. The Morgan fingerprint density at radius 2 is 2.16 bits per heavy atom. The van der Waals surface area contributed by atoms with Crippen molar-refractivity contribution in [1.29, 1.82) is 0 Å². The molecule has 0 spiro atoms. The summed E-state index contributed by atoms with van der Waals surface area (Å²) in [7, 11) is 0. The van der Waals surface area contributed by atoms with Crippen LogP contribution in [0.3, 0.4) is 0 Å². The van der Waals surface area contributed by atoms with E-state index in [-0.39, 0.29) is 18.9 Å². The standard InChI is InChI=1S/C17H20ClFN4O2/c1-10-20-14(23-25-10)16(2,3)22-15(24)21-13-8-17(19,9-13)11-5-4-6-12(18)7-11/h4-7,13H,8-9H2,1-3H3,(H2,21,22,24). The molecule has 1 saturated carbocycles. The number of rotatable bonds is 4. The van der Waals surface area contributed by atoms with Crippen molar-refractivity contribution in [3.05, 3.63) is 46.6 Å². The van der Waals surface area contributed by atoms with E-state index in [1.165, 1.54) is 0 Å². The number of nitrogens with one attached hydrogen (secondary N) is 2. The summed E-state index contributed by atoms with van der Waals surface area (Å²) in [4.78, 5) is 16.3. The van der Waals surface area contributed by atoms with Gasteiger partial charge in [0, 0.05) is 30.8 Å². The number of carbonyl (C=O) groups is 1. The summed E-state index contributed by atoms with van der Waals surface area (Å²) < 4.78 is 19.8. The topological polar surface area (TPSA) is 80.0 Å². The van der Waals surface area contributed by atoms with E-state index in [1.807, 2.05) is 0 Å². The van der Waals surface area contributed by atoms with E-state index in [9.17, 15) is 9.18 Å². The van der Waals surface area contributed by atoms with Gasteiger partial charge >= 0.3 is 6.03 Å². The third kappa shape index (κ3) is 3.76. The molecule has 2 aromatic rings. The zero-order chi connectivity index (χ0) is 18.2. The summed E-state index contributed by atoms with van der Waals surface area (Å²) in [5, 5.41) is 9.89. The van der Waals surface area contributed by atoms with Crippen LogP contribution in [0.15, 0.2) is 28.8 Å². The Bertz CT molecular complexity index is 786. The Balaban J connectivity index is 1.55. The van der Waals surface area contributed by atoms with Gasteiger partial charge in [-0.25, -0.2) is 9.18 Å². The lowest BCUT2D eigenvalue weighted by atomic mass is 9.73. The fourth-order valence-corrected chi connectivity index (χ4v) is 3.13. The first kappa shape index (κ1) is 17.7. The molecule has 1 fully saturated rings. The van der Waals surface area contributed by atoms with Gasteiger partial charge in [-0.3, -0.25) is 0 Å². The average molecular weight is 367 g/mol. The van der Waals surface area contributed by atoms with Crippen molar-refractivity contribution in [2.24, 2.45) is 0 Å². The molecule has 8 heteroatoms. The maximum atomic E-state index is 14.9. The van der Waals surface area contributed by atoms with Crippen LogP contribution >= 0.6 is 11.6 Å². The maximum absolute atomic E-state index is 14.9. The molecule has 0 radical (unpaired) electrons. The fourth-order valence-electron chi connectivity index (χ4n) is 2.94. The van der Waals surface area contributed by atoms with E-state index in [0.29, 0.717) is 22.3 Å². The van der Waals surface area contributed by atoms with Crippen molar-refractivity contribution in [2.45, 2.75) is 50.9 Å². The molecule has 0 aliphatic heterocycles. The van der Waals surface area contributed by atoms with Crippen molar-refractivity contribution in [3.63, 3.8) is 0 Å². The minimum absolute atomic E-state index is 0.211. The Hall–Kier alpha value is -2.15. The predicted octanol–water partition coefficient (Wildman–Crippen LogP) is 3.59. The number of hydrogen-bond acceptors (Lipinski definition) is 4. The summed E-state index contributed by atoms with van der Waals surface area (Å²) in [5.41, 5.74) is -1.71. The Morgan fingerprint density at radius 3 is 2.76 bits per heavy atom. The third-order valence-corrected chi connectivity index (χ3v) is 4.56. The molecule has 0 bridgehead atoms. The zero-order valence-corrected chi connectivity index (χ0v) is 15.0. The van der Waals surface area contributed by atoms with E-state index in [1.54, 1.807) is 45.0 Å². The SMILES string of the molecule is Cc1nc(C(C)(C)NC(=O)NC2CC(F)(c3cccc(Cl)c3)C2)no1. The summed E-state index contributed by atoms with van der Waals surface area (Å²) in [6.45, 7) is 5.21. The van der Waals surface area contributed by atoms with E-state index in [2.05, 4.69) is 20.8 Å². The number of nitrogens with zero attached hydrogens (tertiary/aromatic N) is 2. The second-order valence-electron chi connectivity index (χ2n) is 6.94. The van der Waals surface area contributed by atoms with Gasteiger partial charge in [0.1, 0.15) is 5.67 Å². The molecule has 0 atom stereocenters. The molecule has 134 valence electrons. The Labute approximate surface area is 150 Å². The average Bonchev–Trinajstić information content (AvgIpc) is 2.92. The summed E-state index contributed by atoms with van der Waals surface area (Å²) in [5.74, 6) is 0.806. The molecular formula is C17H20ClFN4O2. The first-order valence-corrected chi connectivity index (χ1v) is 8.40. The van der Waals surface area contributed by atoms with Gasteiger partial charge < -0.3 is 15.2 Å². The molecule has 1 aliphatic rings. The lowest BCUT2D eigenvalue weighted by molar-refractivity contribution is 0.0293. The normalized spacial score (nSPS) is 23.0. The molecule has 1 aromatic heterocycles. The fraction of sp³-hybridized carbons (Fsp3) is 0.471. The highest BCUT2D eigenvalue weighted by molar-refractivity contribution is 6.30. The second kappa shape index (κ2) is 6.29. The largest absolute Gasteiger partial charge is 0.340 e. The number of benzene rings is 1. The highest BCUT2D eigenvalue weighted by atomic mass is 35.5. The van der Waals surface area contributed by atoms with Crippen LogP contribution in [-0.4, -0.2) is 22.2 Å². The van der Waals surface area contributed by atoms with Crippen LogP contribution in [0.25, 0.3) is 0 Å². The first-order valence-electron chi connectivity index (χ1n) is 8.02. The summed E-state index contributed by atoms with van der Waals surface area (Å²) in [6, 6.07) is 6.13. The van der Waals surface area contributed by atoms with Crippen LogP contribution in [0.5, 0.6) is 0 Å². The highest BCUT2D eigenvalue weighted by Gasteiger charge is 2.47. The van der Waals surface area contributed by atoms with Gasteiger partial charge in [0.15, 0.2) is 5.82 Å². The minimum atomic E-state index is -1.46. The van der Waals surface area contributed by atoms with Crippen LogP contribution < -0.4 is 10.6 Å². The molecule has 1 aromatic carbocycles. The smallest absolute Gasteiger partial charge is 0.315 e. The zero-order valence-electron chi connectivity index (χ0n) is 14.3. The Morgan fingerprint density at radius 1 is 1.44 bits per heavy atom. The number of aromatic nitrogens is 2. The summed E-state index contributed by atoms with van der Waals surface area (Å²) in [6.07, 6.45) is 0.422. The molecule has 2 amide bonds. The number of alkyl halides is 1. The highest BCUT2D eigenvalue weighted by Crippen LogP contribution is 2.45. The van der Waals surface area contributed by atoms with Crippen molar-refractivity contribution >= 4 is 17.6 Å². The molecular weight excluding hydrogens is 347 g/mol. The molecule has 0 saturated heterocycles. The number of aryl methyl sites for hydroxylation is 1. The van der Waals surface area contributed by atoms with Gasteiger partial charge in [0.25, 0.3) is 0 Å². The van der Waals surface area contributed by atoms with Crippen LogP contribution in [0, 0.1) is 6.92 Å². The molecule has 0 unspecified atom stereocenters. The van der Waals surface area contributed by atoms with E-state index >= 15 is 0 Å². The lowest BCUT2D eigenvalue weighted by Gasteiger charge is -2.42. The van der Waals surface area contributed by atoms with Crippen molar-refractivity contribution in [3.8, 4) is 0 Å². The summed E-state index contributed by atoms with van der Waals surface area (Å²) >= 11 is 5.92. The van der Waals surface area contributed by atoms with Crippen LogP contribution in [0.1, 0.15) is 44.0 Å². The van der Waals surface area contributed by atoms with Gasteiger partial charge in [0.2, 0.25) is 5.89 Å². The van der Waals surface area contributed by atoms with Gasteiger partial charge in [0.05, 0.1) is 5.54 Å². The lowest BCUT2D eigenvalue weighted by Crippen LogP contribution is -2.56. The van der Waals surface area contributed by atoms with Crippen molar-refractivity contribution in [1.82, 2.24) is 20.8 Å². The van der Waals surface area contributed by atoms with Crippen LogP contribution in [0.4, 0.5) is 9.18 Å². The molecule has 1 aliphatic carbocycles. The van der Waals surface area contributed by atoms with Gasteiger partial charge in [-0.2, -0.15) is 4.98 Å². The monoisotopic (exact) mass is 366 g/mol. The molecule has 25 heavy (non-hydrogen) atoms. The quantitative estimate of drug-likeness (QED) is 0.866. The number of amides is 2. The van der Waals surface area contributed by atoms with Crippen LogP contribution in [0.2, 0.25) is 5.02 Å². The van der Waals surface area contributed by atoms with E-state index < -0.39 is 17.2 Å². The van der Waals surface area contributed by atoms with Gasteiger partial charge in [-0.15, -0.1) is 0 Å². The maximum Gasteiger partial charge on any atom is 0.315 e. The number of hydrogen-bond donors (Lipinski definition) is 2. The molecule has 3 rings (SSSR count). The van der Waals surface area contributed by atoms with Crippen molar-refractivity contribution in [2.75, 3.05) is 0 Å². The number of carbonyl (C=O) groups excluding carboxylic acids is 1. The predicted molar refractivity (Wildman–Crippen MR) is 91.0 cm³/mol. The Kier molecular flexibility index (Phi) is 4.45. The number of halogens is 2. The van der Waals surface area contributed by atoms with Crippen LogP contribution in [-0.2, 0) is 11.2 Å². The molecule has 6 nitrogen and oxygen atoms in total. The minimum Gasteiger partial charge on any atom is -0.340 e. The van der Waals surface area contributed by atoms with Gasteiger partial charge in [-0.05, 0) is 31.5 Å². The van der Waals surface area contributed by atoms with Crippen molar-refractivity contribution < 1.29 is 13.7 Å². The molecule has 2 N–H and O–H groups in total. The van der Waals surface area contributed by atoms with E-state index in [0.717, 1.165) is 0 Å². The third-order valence-electron chi connectivity index (χ3n) is 4.33.